The van der Waals surface area contributed by atoms with E-state index in [4.69, 9.17) is 4.15 Å². The molecule has 0 aromatic heterocycles. The quantitative estimate of drug-likeness (QED) is 0.232. The van der Waals surface area contributed by atoms with Gasteiger partial charge in [0.15, 0.2) is 0 Å². The maximum absolute atomic E-state index is 13.9. The average molecular weight is 514 g/mol. The molecular formula is C28H37NO2P2S. The Kier molecular flexibility index (Phi) is 10.1. The Balaban J connectivity index is 2.29. The predicted molar refractivity (Wildman–Crippen MR) is 151 cm³/mol. The summed E-state index contributed by atoms with van der Waals surface area (Å²) in [6, 6.07) is 27.8. The fourth-order valence-corrected chi connectivity index (χ4v) is 18.9. The maximum Gasteiger partial charge on any atom is 0.281 e. The maximum atomic E-state index is 13.9. The highest BCUT2D eigenvalue weighted by atomic mass is 32.2. The molecule has 0 aliphatic rings. The van der Waals surface area contributed by atoms with Crippen LogP contribution in [0.25, 0.3) is 0 Å². The lowest BCUT2D eigenvalue weighted by molar-refractivity contribution is 0.598. The van der Waals surface area contributed by atoms with Crippen LogP contribution in [0.4, 0.5) is 0 Å². The van der Waals surface area contributed by atoms with E-state index in [-0.39, 0.29) is 0 Å². The molecule has 0 amide bonds. The van der Waals surface area contributed by atoms with Gasteiger partial charge in [0, 0.05) is 10.6 Å². The van der Waals surface area contributed by atoms with Gasteiger partial charge in [-0.1, -0.05) is 120 Å². The second-order valence-electron chi connectivity index (χ2n) is 8.53. The van der Waals surface area contributed by atoms with Crippen molar-refractivity contribution in [3.8, 4) is 0 Å². The fourth-order valence-electron chi connectivity index (χ4n) is 4.22. The number of sulfonamides is 1. The summed E-state index contributed by atoms with van der Waals surface area (Å²) in [5.41, 5.74) is 1.17. The van der Waals surface area contributed by atoms with Crippen LogP contribution in [0.1, 0.15) is 52.0 Å². The van der Waals surface area contributed by atoms with Gasteiger partial charge in [0.05, 0.1) is 11.6 Å². The van der Waals surface area contributed by atoms with Crippen LogP contribution in [0, 0.1) is 0 Å². The van der Waals surface area contributed by atoms with Crippen molar-refractivity contribution >= 4 is 35.0 Å². The van der Waals surface area contributed by atoms with Crippen LogP contribution in [0.15, 0.2) is 94.0 Å². The molecule has 0 spiro atoms. The van der Waals surface area contributed by atoms with E-state index in [1.165, 1.54) is 5.56 Å². The normalized spacial score (nSPS) is 12.1. The first-order valence-corrected chi connectivity index (χ1v) is 17.9. The van der Waals surface area contributed by atoms with Gasteiger partial charge in [-0.25, -0.2) is 0 Å². The van der Waals surface area contributed by atoms with E-state index in [1.54, 1.807) is 12.1 Å². The lowest BCUT2D eigenvalue weighted by atomic mass is 10.1. The Morgan fingerprint density at radius 2 is 1.21 bits per heavy atom. The average Bonchev–Trinajstić information content (AvgIpc) is 2.87. The van der Waals surface area contributed by atoms with Gasteiger partial charge < -0.3 is 0 Å². The molecule has 3 rings (SSSR count). The van der Waals surface area contributed by atoms with Crippen LogP contribution in [0.2, 0.25) is 0 Å². The topological polar surface area (TPSA) is 46.5 Å². The summed E-state index contributed by atoms with van der Waals surface area (Å²) in [6.07, 6.45) is 7.26. The standard InChI is InChI=1S/C28H37NO2P2S/c1-4-7-14-25-19-21-28(22-20-25)34(30,31)29-33(26-15-10-8-11-16-26,27-17-12-9-13-18-27)32(23-5-2)24-6-3/h8-13,15-22H,4-7,14,23-24H2,1-3H3. The van der Waals surface area contributed by atoms with Crippen molar-refractivity contribution in [3.63, 3.8) is 0 Å². The zero-order valence-electron chi connectivity index (χ0n) is 20.6. The Labute approximate surface area is 207 Å². The summed E-state index contributed by atoms with van der Waals surface area (Å²) in [4.78, 5) is 0.298. The highest BCUT2D eigenvalue weighted by Gasteiger charge is 2.35. The van der Waals surface area contributed by atoms with E-state index >= 15 is 0 Å². The van der Waals surface area contributed by atoms with E-state index in [9.17, 15) is 8.42 Å². The van der Waals surface area contributed by atoms with E-state index in [1.807, 2.05) is 48.5 Å². The minimum Gasteiger partial charge on any atom is -0.199 e. The van der Waals surface area contributed by atoms with E-state index in [0.29, 0.717) is 4.90 Å². The number of rotatable bonds is 12. The first kappa shape index (κ1) is 26.9. The summed E-state index contributed by atoms with van der Waals surface area (Å²) in [7, 11) is -4.51. The summed E-state index contributed by atoms with van der Waals surface area (Å²) in [5.74, 6) is 0. The molecule has 3 nitrogen and oxygen atoms in total. The number of hydrogen-bond donors (Lipinski definition) is 0. The van der Waals surface area contributed by atoms with Crippen molar-refractivity contribution in [2.75, 3.05) is 12.3 Å². The van der Waals surface area contributed by atoms with Gasteiger partial charge in [0.2, 0.25) is 0 Å². The van der Waals surface area contributed by atoms with Crippen molar-refractivity contribution in [3.05, 3.63) is 90.5 Å². The smallest absolute Gasteiger partial charge is 0.199 e. The van der Waals surface area contributed by atoms with E-state index < -0.39 is 24.4 Å². The molecule has 3 aromatic rings. The zero-order chi connectivity index (χ0) is 24.4. The highest BCUT2D eigenvalue weighted by molar-refractivity contribution is 8.41. The van der Waals surface area contributed by atoms with Crippen LogP contribution in [0.5, 0.6) is 0 Å². The molecule has 0 saturated heterocycles. The van der Waals surface area contributed by atoms with Crippen LogP contribution in [0.3, 0.4) is 0 Å². The molecule has 182 valence electrons. The highest BCUT2D eigenvalue weighted by Crippen LogP contribution is 2.76. The van der Waals surface area contributed by atoms with Gasteiger partial charge in [-0.2, -0.15) is 12.6 Å². The zero-order valence-corrected chi connectivity index (χ0v) is 23.2. The Morgan fingerprint density at radius 3 is 1.65 bits per heavy atom. The molecule has 0 unspecified atom stereocenters. The molecule has 0 heterocycles. The molecule has 0 N–H and O–H groups in total. The molecule has 0 atom stereocenters. The Bertz CT molecular complexity index is 1130. The van der Waals surface area contributed by atoms with Gasteiger partial charge >= 0.3 is 0 Å². The van der Waals surface area contributed by atoms with E-state index in [2.05, 4.69) is 45.0 Å². The minimum atomic E-state index is -3.84. The van der Waals surface area contributed by atoms with Crippen molar-refractivity contribution in [1.29, 1.82) is 0 Å². The lowest BCUT2D eigenvalue weighted by Gasteiger charge is -2.34. The SMILES string of the molecule is CCCCc1ccc(S(=O)(=O)N=P(c2ccccc2)(c2ccccc2)P(CCC)CCC)cc1. The monoisotopic (exact) mass is 513 g/mol. The van der Waals surface area contributed by atoms with Crippen LogP contribution < -0.4 is 10.6 Å². The largest absolute Gasteiger partial charge is 0.281 e. The number of nitrogens with zero attached hydrogens (tertiary/aromatic N) is 1. The summed E-state index contributed by atoms with van der Waals surface area (Å²) in [5, 5.41) is 2.13. The van der Waals surface area contributed by atoms with Gasteiger partial charge in [-0.05, 0) is 42.9 Å². The molecule has 0 aliphatic heterocycles. The third kappa shape index (κ3) is 6.28. The number of benzene rings is 3. The molecule has 34 heavy (non-hydrogen) atoms. The fraction of sp³-hybridized carbons (Fsp3) is 0.357. The minimum absolute atomic E-state index is 0.298. The molecule has 0 saturated carbocycles. The van der Waals surface area contributed by atoms with Crippen molar-refractivity contribution < 1.29 is 8.42 Å². The van der Waals surface area contributed by atoms with Crippen LogP contribution in [-0.4, -0.2) is 20.7 Å². The van der Waals surface area contributed by atoms with Gasteiger partial charge in [0.25, 0.3) is 10.0 Å². The summed E-state index contributed by atoms with van der Waals surface area (Å²) in [6.45, 7) is 3.99. The van der Waals surface area contributed by atoms with Crippen molar-refractivity contribution in [2.24, 2.45) is 4.15 Å². The first-order valence-electron chi connectivity index (χ1n) is 12.3. The van der Waals surface area contributed by atoms with Gasteiger partial charge in [-0.15, -0.1) is 0 Å². The van der Waals surface area contributed by atoms with Gasteiger partial charge in [0.1, 0.15) is 0 Å². The second-order valence-corrected chi connectivity index (χ2v) is 18.2. The second kappa shape index (κ2) is 12.8. The Hall–Kier alpha value is -1.73. The molecule has 0 fully saturated rings. The summed E-state index contributed by atoms with van der Waals surface area (Å²) >= 11 is 0. The number of aryl methyl sites for hydroxylation is 1. The number of hydrogen-bond acceptors (Lipinski definition) is 2. The molecule has 0 aliphatic carbocycles. The van der Waals surface area contributed by atoms with Gasteiger partial charge in [-0.3, -0.25) is 0 Å². The molecule has 0 bridgehead atoms. The van der Waals surface area contributed by atoms with Crippen LogP contribution >= 0.6 is 14.4 Å². The van der Waals surface area contributed by atoms with Crippen molar-refractivity contribution in [2.45, 2.75) is 57.8 Å². The molecular weight excluding hydrogens is 476 g/mol. The van der Waals surface area contributed by atoms with E-state index in [0.717, 1.165) is 55.0 Å². The first-order chi connectivity index (χ1) is 16.5. The van der Waals surface area contributed by atoms with Crippen LogP contribution in [-0.2, 0) is 16.4 Å². The lowest BCUT2D eigenvalue weighted by Crippen LogP contribution is -2.18. The predicted octanol–water partition coefficient (Wildman–Crippen LogP) is 7.79. The number of unbranched alkanes of at least 4 members (excludes halogenated alkanes) is 1. The van der Waals surface area contributed by atoms with Crippen molar-refractivity contribution in [1.82, 2.24) is 0 Å². The molecule has 6 heteroatoms. The Morgan fingerprint density at radius 1 is 0.706 bits per heavy atom. The third-order valence-corrected chi connectivity index (χ3v) is 19.0. The summed E-state index contributed by atoms with van der Waals surface area (Å²) < 4.78 is 32.8. The molecule has 0 radical (unpaired) electrons. The molecule has 3 aromatic carbocycles. The third-order valence-electron chi connectivity index (χ3n) is 5.87.